The number of piperazine rings is 1. The highest BCUT2D eigenvalue weighted by Gasteiger charge is 2.40. The lowest BCUT2D eigenvalue weighted by Crippen LogP contribution is -2.49. The molecule has 1 aliphatic carbocycles. The molecule has 112 valence electrons. The van der Waals surface area contributed by atoms with Gasteiger partial charge < -0.3 is 0 Å². The van der Waals surface area contributed by atoms with Crippen molar-refractivity contribution >= 4 is 10.0 Å². The fourth-order valence-electron chi connectivity index (χ4n) is 2.72. The molecule has 2 aliphatic rings. The van der Waals surface area contributed by atoms with Crippen LogP contribution in [0.1, 0.15) is 24.0 Å². The molecule has 0 unspecified atom stereocenters. The van der Waals surface area contributed by atoms with E-state index in [1.54, 1.807) is 10.4 Å². The van der Waals surface area contributed by atoms with E-state index in [2.05, 4.69) is 11.0 Å². The first-order chi connectivity index (χ1) is 10.1. The van der Waals surface area contributed by atoms with Crippen molar-refractivity contribution in [2.24, 2.45) is 0 Å². The molecular formula is C15H19N3O2S. The van der Waals surface area contributed by atoms with Crippen LogP contribution in [0.25, 0.3) is 0 Å². The van der Waals surface area contributed by atoms with Crippen molar-refractivity contribution in [2.75, 3.05) is 26.2 Å². The molecule has 1 saturated heterocycles. The molecule has 0 spiro atoms. The fourth-order valence-corrected chi connectivity index (χ4v) is 4.54. The number of sulfonamides is 1. The van der Waals surface area contributed by atoms with Gasteiger partial charge in [-0.05, 0) is 30.5 Å². The molecule has 5 nitrogen and oxygen atoms in total. The fraction of sp³-hybridized carbons (Fsp3) is 0.533. The summed E-state index contributed by atoms with van der Waals surface area (Å²) < 4.78 is 26.0. The summed E-state index contributed by atoms with van der Waals surface area (Å²) in [5.41, 5.74) is 1.77. The van der Waals surface area contributed by atoms with Crippen molar-refractivity contribution < 1.29 is 8.42 Å². The molecule has 0 aromatic heterocycles. The van der Waals surface area contributed by atoms with Gasteiger partial charge in [-0.25, -0.2) is 8.42 Å². The van der Waals surface area contributed by atoms with E-state index in [0.717, 1.165) is 38.0 Å². The first-order valence-electron chi connectivity index (χ1n) is 7.30. The summed E-state index contributed by atoms with van der Waals surface area (Å²) in [7, 11) is -3.03. The Bertz CT molecular complexity index is 654. The lowest BCUT2D eigenvalue weighted by atomic mass is 10.1. The van der Waals surface area contributed by atoms with E-state index < -0.39 is 10.0 Å². The normalized spacial score (nSPS) is 21.1. The van der Waals surface area contributed by atoms with Gasteiger partial charge in [0.1, 0.15) is 0 Å². The molecule has 2 fully saturated rings. The van der Waals surface area contributed by atoms with Crippen LogP contribution in [-0.4, -0.2) is 49.1 Å². The first-order valence-corrected chi connectivity index (χ1v) is 8.80. The second kappa shape index (κ2) is 5.76. The zero-order valence-electron chi connectivity index (χ0n) is 11.9. The van der Waals surface area contributed by atoms with Crippen molar-refractivity contribution in [1.29, 1.82) is 5.26 Å². The van der Waals surface area contributed by atoms with Gasteiger partial charge in [0.25, 0.3) is 0 Å². The minimum absolute atomic E-state index is 0.114. The predicted molar refractivity (Wildman–Crippen MR) is 79.9 cm³/mol. The summed E-state index contributed by atoms with van der Waals surface area (Å²) in [5, 5.41) is 8.80. The summed E-state index contributed by atoms with van der Waals surface area (Å²) in [6.07, 6.45) is 1.65. The number of nitrogens with zero attached hydrogens (tertiary/aromatic N) is 3. The summed E-state index contributed by atoms with van der Waals surface area (Å²) in [6.45, 7) is 3.44. The van der Waals surface area contributed by atoms with E-state index in [1.807, 2.05) is 18.2 Å². The molecule has 3 rings (SSSR count). The summed E-state index contributed by atoms with van der Waals surface area (Å²) in [4.78, 5) is 2.25. The van der Waals surface area contributed by atoms with Crippen LogP contribution < -0.4 is 0 Å². The third-order valence-corrected chi connectivity index (χ3v) is 6.50. The molecule has 0 N–H and O–H groups in total. The standard InChI is InChI=1S/C15H19N3O2S/c16-11-13-2-1-3-14(10-13)12-17-6-8-18(9-7-17)21(19,20)15-4-5-15/h1-3,10,15H,4-9,12H2. The van der Waals surface area contributed by atoms with Gasteiger partial charge in [0.05, 0.1) is 16.9 Å². The molecule has 0 amide bonds. The predicted octanol–water partition coefficient (Wildman–Crippen LogP) is 1.17. The van der Waals surface area contributed by atoms with Gasteiger partial charge >= 0.3 is 0 Å². The first kappa shape index (κ1) is 14.5. The monoisotopic (exact) mass is 305 g/mol. The van der Waals surface area contributed by atoms with Gasteiger partial charge in [0, 0.05) is 32.7 Å². The number of hydrogen-bond acceptors (Lipinski definition) is 4. The summed E-state index contributed by atoms with van der Waals surface area (Å²) in [5.74, 6) is 0. The maximum atomic E-state index is 12.2. The molecule has 6 heteroatoms. The Hall–Kier alpha value is -1.42. The van der Waals surface area contributed by atoms with Gasteiger partial charge in [0.2, 0.25) is 10.0 Å². The third kappa shape index (κ3) is 3.26. The van der Waals surface area contributed by atoms with Crippen molar-refractivity contribution in [3.8, 4) is 6.07 Å². The quantitative estimate of drug-likeness (QED) is 0.837. The van der Waals surface area contributed by atoms with Crippen LogP contribution in [0.3, 0.4) is 0 Å². The average Bonchev–Trinajstić information content (AvgIpc) is 3.33. The van der Waals surface area contributed by atoms with E-state index in [9.17, 15) is 8.42 Å². The van der Waals surface area contributed by atoms with Gasteiger partial charge in [-0.1, -0.05) is 12.1 Å². The van der Waals surface area contributed by atoms with E-state index in [-0.39, 0.29) is 5.25 Å². The number of hydrogen-bond donors (Lipinski definition) is 0. The molecular weight excluding hydrogens is 286 g/mol. The molecule has 21 heavy (non-hydrogen) atoms. The van der Waals surface area contributed by atoms with E-state index >= 15 is 0 Å². The topological polar surface area (TPSA) is 64.4 Å². The number of nitriles is 1. The Morgan fingerprint density at radius 2 is 1.90 bits per heavy atom. The second-order valence-electron chi connectivity index (χ2n) is 5.73. The minimum Gasteiger partial charge on any atom is -0.296 e. The van der Waals surface area contributed by atoms with Crippen LogP contribution in [0, 0.1) is 11.3 Å². The van der Waals surface area contributed by atoms with Crippen LogP contribution in [0.4, 0.5) is 0 Å². The smallest absolute Gasteiger partial charge is 0.217 e. The largest absolute Gasteiger partial charge is 0.296 e. The van der Waals surface area contributed by atoms with Crippen LogP contribution in [0.15, 0.2) is 24.3 Å². The zero-order chi connectivity index (χ0) is 14.9. The highest BCUT2D eigenvalue weighted by atomic mass is 32.2. The highest BCUT2D eigenvalue weighted by Crippen LogP contribution is 2.31. The number of rotatable bonds is 4. The lowest BCUT2D eigenvalue weighted by Gasteiger charge is -2.34. The Balaban J connectivity index is 1.57. The Morgan fingerprint density at radius 3 is 2.52 bits per heavy atom. The number of benzene rings is 1. The second-order valence-corrected chi connectivity index (χ2v) is 7.94. The molecule has 0 radical (unpaired) electrons. The van der Waals surface area contributed by atoms with E-state index in [4.69, 9.17) is 5.26 Å². The molecule has 1 heterocycles. The molecule has 1 saturated carbocycles. The minimum atomic E-state index is -3.03. The van der Waals surface area contributed by atoms with Crippen molar-refractivity contribution in [2.45, 2.75) is 24.6 Å². The average molecular weight is 305 g/mol. The van der Waals surface area contributed by atoms with Crippen molar-refractivity contribution in [3.63, 3.8) is 0 Å². The SMILES string of the molecule is N#Cc1cccc(CN2CCN(S(=O)(=O)C3CC3)CC2)c1. The van der Waals surface area contributed by atoms with Crippen LogP contribution >= 0.6 is 0 Å². The highest BCUT2D eigenvalue weighted by molar-refractivity contribution is 7.90. The maximum Gasteiger partial charge on any atom is 0.217 e. The Kier molecular flexibility index (Phi) is 3.98. The summed E-state index contributed by atoms with van der Waals surface area (Å²) in [6, 6.07) is 9.73. The van der Waals surface area contributed by atoms with Crippen LogP contribution in [0.5, 0.6) is 0 Å². The van der Waals surface area contributed by atoms with Gasteiger partial charge in [-0.3, -0.25) is 4.90 Å². The van der Waals surface area contributed by atoms with E-state index in [0.29, 0.717) is 18.7 Å². The van der Waals surface area contributed by atoms with Gasteiger partial charge in [-0.2, -0.15) is 9.57 Å². The Morgan fingerprint density at radius 1 is 1.19 bits per heavy atom. The molecule has 1 aromatic rings. The molecule has 1 aromatic carbocycles. The van der Waals surface area contributed by atoms with Crippen molar-refractivity contribution in [1.82, 2.24) is 9.21 Å². The lowest BCUT2D eigenvalue weighted by molar-refractivity contribution is 0.181. The molecule has 0 bridgehead atoms. The molecule has 0 atom stereocenters. The van der Waals surface area contributed by atoms with Crippen LogP contribution in [-0.2, 0) is 16.6 Å². The van der Waals surface area contributed by atoms with Gasteiger partial charge in [0.15, 0.2) is 0 Å². The maximum absolute atomic E-state index is 12.2. The summed E-state index contributed by atoms with van der Waals surface area (Å²) >= 11 is 0. The molecule has 1 aliphatic heterocycles. The zero-order valence-corrected chi connectivity index (χ0v) is 12.7. The third-order valence-electron chi connectivity index (χ3n) is 4.10. The van der Waals surface area contributed by atoms with Gasteiger partial charge in [-0.15, -0.1) is 0 Å². The Labute approximate surface area is 125 Å². The van der Waals surface area contributed by atoms with E-state index in [1.165, 1.54) is 0 Å². The van der Waals surface area contributed by atoms with Crippen LogP contribution in [0.2, 0.25) is 0 Å². The van der Waals surface area contributed by atoms with Crippen molar-refractivity contribution in [3.05, 3.63) is 35.4 Å².